The van der Waals surface area contributed by atoms with Gasteiger partial charge in [-0.1, -0.05) is 32.9 Å². The molecule has 21 heavy (non-hydrogen) atoms. The molecule has 1 aromatic rings. The number of nitrogens with one attached hydrogen (secondary N) is 1. The minimum Gasteiger partial charge on any atom is -0.356 e. The lowest BCUT2D eigenvalue weighted by Crippen LogP contribution is -2.41. The molecule has 1 aromatic heterocycles. The third kappa shape index (κ3) is 4.19. The van der Waals surface area contributed by atoms with Crippen molar-refractivity contribution in [2.45, 2.75) is 46.5 Å². The highest BCUT2D eigenvalue weighted by Gasteiger charge is 2.30. The van der Waals surface area contributed by atoms with Crippen LogP contribution in [0, 0.1) is 5.41 Å². The molecule has 1 aliphatic heterocycles. The first-order valence-corrected chi connectivity index (χ1v) is 7.69. The van der Waals surface area contributed by atoms with Gasteiger partial charge in [-0.05, 0) is 11.8 Å². The van der Waals surface area contributed by atoms with Crippen LogP contribution in [0.25, 0.3) is 0 Å². The van der Waals surface area contributed by atoms with E-state index in [2.05, 4.69) is 53.0 Å². The highest BCUT2D eigenvalue weighted by atomic mass is 16.5. The maximum atomic E-state index is 5.25. The number of hydrogen-bond donors (Lipinski definition) is 1. The molecule has 2 rings (SSSR count). The Hall–Kier alpha value is -1.59. The molecule has 0 amide bonds. The van der Waals surface area contributed by atoms with Crippen LogP contribution in [-0.2, 0) is 6.42 Å². The maximum Gasteiger partial charge on any atom is 0.228 e. The number of rotatable bonds is 4. The van der Waals surface area contributed by atoms with E-state index in [1.54, 1.807) is 0 Å². The van der Waals surface area contributed by atoms with Gasteiger partial charge in [-0.3, -0.25) is 4.99 Å². The standard InChI is InChI=1S/C15H27N5O/c1-11(2)13-18-12(21-19-13)6-8-17-14(16-5)20-9-7-15(3,4)10-20/h11H,6-10H2,1-5H3,(H,16,17). The summed E-state index contributed by atoms with van der Waals surface area (Å²) in [5.41, 5.74) is 0.371. The average Bonchev–Trinajstić information content (AvgIpc) is 3.01. The molecule has 0 spiro atoms. The van der Waals surface area contributed by atoms with Crippen molar-refractivity contribution in [2.75, 3.05) is 26.7 Å². The van der Waals surface area contributed by atoms with E-state index < -0.39 is 0 Å². The first-order chi connectivity index (χ1) is 9.91. The molecule has 0 atom stereocenters. The van der Waals surface area contributed by atoms with E-state index in [-0.39, 0.29) is 0 Å². The summed E-state index contributed by atoms with van der Waals surface area (Å²) in [5, 5.41) is 7.36. The van der Waals surface area contributed by atoms with Gasteiger partial charge in [0.2, 0.25) is 5.89 Å². The van der Waals surface area contributed by atoms with Crippen molar-refractivity contribution < 1.29 is 4.52 Å². The largest absolute Gasteiger partial charge is 0.356 e. The van der Waals surface area contributed by atoms with Gasteiger partial charge in [-0.2, -0.15) is 4.98 Å². The summed E-state index contributed by atoms with van der Waals surface area (Å²) in [4.78, 5) is 11.1. The lowest BCUT2D eigenvalue weighted by Gasteiger charge is -2.23. The second-order valence-corrected chi connectivity index (χ2v) is 6.76. The Morgan fingerprint density at radius 3 is 2.76 bits per heavy atom. The van der Waals surface area contributed by atoms with Crippen LogP contribution in [0.4, 0.5) is 0 Å². The minimum absolute atomic E-state index is 0.301. The summed E-state index contributed by atoms with van der Waals surface area (Å²) < 4.78 is 5.25. The van der Waals surface area contributed by atoms with Gasteiger partial charge in [-0.25, -0.2) is 0 Å². The van der Waals surface area contributed by atoms with Gasteiger partial charge in [0.15, 0.2) is 11.8 Å². The van der Waals surface area contributed by atoms with Crippen LogP contribution in [0.15, 0.2) is 9.52 Å². The zero-order valence-corrected chi connectivity index (χ0v) is 13.8. The molecular formula is C15H27N5O. The predicted octanol–water partition coefficient (Wildman–Crippen LogP) is 2.04. The monoisotopic (exact) mass is 293 g/mol. The van der Waals surface area contributed by atoms with Gasteiger partial charge in [0.1, 0.15) is 0 Å². The fourth-order valence-electron chi connectivity index (χ4n) is 2.51. The van der Waals surface area contributed by atoms with Gasteiger partial charge >= 0.3 is 0 Å². The number of likely N-dealkylation sites (tertiary alicyclic amines) is 1. The molecular weight excluding hydrogens is 266 g/mol. The van der Waals surface area contributed by atoms with Gasteiger partial charge < -0.3 is 14.7 Å². The lowest BCUT2D eigenvalue weighted by atomic mass is 9.93. The Kier molecular flexibility index (Phi) is 4.85. The van der Waals surface area contributed by atoms with E-state index in [4.69, 9.17) is 4.52 Å². The smallest absolute Gasteiger partial charge is 0.228 e. The summed E-state index contributed by atoms with van der Waals surface area (Å²) in [6, 6.07) is 0. The molecule has 118 valence electrons. The van der Waals surface area contributed by atoms with Crippen LogP contribution in [0.1, 0.15) is 51.7 Å². The Balaban J connectivity index is 1.81. The molecule has 1 fully saturated rings. The molecule has 1 N–H and O–H groups in total. The number of hydrogen-bond acceptors (Lipinski definition) is 4. The average molecular weight is 293 g/mol. The first kappa shape index (κ1) is 15.8. The second-order valence-electron chi connectivity index (χ2n) is 6.76. The second kappa shape index (κ2) is 6.45. The third-order valence-corrected chi connectivity index (χ3v) is 3.81. The molecule has 0 aliphatic carbocycles. The van der Waals surface area contributed by atoms with E-state index in [9.17, 15) is 0 Å². The van der Waals surface area contributed by atoms with Crippen molar-refractivity contribution in [3.63, 3.8) is 0 Å². The summed E-state index contributed by atoms with van der Waals surface area (Å²) in [7, 11) is 1.83. The van der Waals surface area contributed by atoms with Gasteiger partial charge in [0.25, 0.3) is 0 Å². The zero-order chi connectivity index (χ0) is 15.5. The molecule has 6 nitrogen and oxygen atoms in total. The van der Waals surface area contributed by atoms with E-state index in [0.29, 0.717) is 17.2 Å². The van der Waals surface area contributed by atoms with E-state index in [1.807, 2.05) is 7.05 Å². The third-order valence-electron chi connectivity index (χ3n) is 3.81. The fraction of sp³-hybridized carbons (Fsp3) is 0.800. The van der Waals surface area contributed by atoms with Gasteiger partial charge in [0, 0.05) is 39.0 Å². The maximum absolute atomic E-state index is 5.25. The van der Waals surface area contributed by atoms with Crippen molar-refractivity contribution in [1.29, 1.82) is 0 Å². The molecule has 0 unspecified atom stereocenters. The summed E-state index contributed by atoms with van der Waals surface area (Å²) in [5.74, 6) is 2.72. The van der Waals surface area contributed by atoms with E-state index in [0.717, 1.165) is 37.8 Å². The minimum atomic E-state index is 0.301. The lowest BCUT2D eigenvalue weighted by molar-refractivity contribution is 0.364. The Morgan fingerprint density at radius 1 is 1.48 bits per heavy atom. The van der Waals surface area contributed by atoms with Crippen molar-refractivity contribution in [3.05, 3.63) is 11.7 Å². The number of aliphatic imine (C=N–C) groups is 1. The topological polar surface area (TPSA) is 66.5 Å². The first-order valence-electron chi connectivity index (χ1n) is 7.69. The van der Waals surface area contributed by atoms with Crippen LogP contribution < -0.4 is 5.32 Å². The summed E-state index contributed by atoms with van der Waals surface area (Å²) in [6.07, 6.45) is 1.92. The van der Waals surface area contributed by atoms with E-state index >= 15 is 0 Å². The van der Waals surface area contributed by atoms with Crippen LogP contribution in [0.5, 0.6) is 0 Å². The molecule has 0 bridgehead atoms. The molecule has 0 radical (unpaired) electrons. The zero-order valence-electron chi connectivity index (χ0n) is 13.8. The SMILES string of the molecule is CN=C(NCCc1nc(C(C)C)no1)N1CCC(C)(C)C1. The summed E-state index contributed by atoms with van der Waals surface area (Å²) >= 11 is 0. The quantitative estimate of drug-likeness (QED) is 0.680. The van der Waals surface area contributed by atoms with Gasteiger partial charge in [0.05, 0.1) is 0 Å². The molecule has 2 heterocycles. The highest BCUT2D eigenvalue weighted by Crippen LogP contribution is 2.28. The Bertz CT molecular complexity index is 492. The Morgan fingerprint density at radius 2 is 2.24 bits per heavy atom. The summed E-state index contributed by atoms with van der Waals surface area (Å²) in [6.45, 7) is 11.6. The molecule has 1 aliphatic rings. The molecule has 1 saturated heterocycles. The van der Waals surface area contributed by atoms with Crippen LogP contribution >= 0.6 is 0 Å². The number of aromatic nitrogens is 2. The molecule has 0 aromatic carbocycles. The number of guanidine groups is 1. The molecule has 6 heteroatoms. The number of nitrogens with zero attached hydrogens (tertiary/aromatic N) is 4. The van der Waals surface area contributed by atoms with Crippen LogP contribution in [0.2, 0.25) is 0 Å². The highest BCUT2D eigenvalue weighted by molar-refractivity contribution is 5.80. The van der Waals surface area contributed by atoms with Crippen molar-refractivity contribution in [2.24, 2.45) is 10.4 Å². The van der Waals surface area contributed by atoms with E-state index in [1.165, 1.54) is 6.42 Å². The normalized spacial score (nSPS) is 18.6. The molecule has 0 saturated carbocycles. The van der Waals surface area contributed by atoms with Crippen molar-refractivity contribution >= 4 is 5.96 Å². The van der Waals surface area contributed by atoms with Crippen molar-refractivity contribution in [1.82, 2.24) is 20.4 Å². The van der Waals surface area contributed by atoms with Crippen molar-refractivity contribution in [3.8, 4) is 0 Å². The fourth-order valence-corrected chi connectivity index (χ4v) is 2.51. The Labute approximate surface area is 127 Å². The van der Waals surface area contributed by atoms with Gasteiger partial charge in [-0.15, -0.1) is 0 Å². The van der Waals surface area contributed by atoms with Crippen LogP contribution in [-0.4, -0.2) is 47.7 Å². The van der Waals surface area contributed by atoms with Crippen LogP contribution in [0.3, 0.4) is 0 Å². The predicted molar refractivity (Wildman–Crippen MR) is 83.4 cm³/mol.